The molecule has 0 spiro atoms. The van der Waals surface area contributed by atoms with Crippen LogP contribution in [0.3, 0.4) is 0 Å². The van der Waals surface area contributed by atoms with Crippen molar-refractivity contribution in [2.24, 2.45) is 0 Å². The molecule has 172 valence electrons. The number of hydrogen-bond donors (Lipinski definition) is 1. The number of morpholine rings is 1. The summed E-state index contributed by atoms with van der Waals surface area (Å²) in [6, 6.07) is 18.4. The van der Waals surface area contributed by atoms with Crippen LogP contribution in [0.15, 0.2) is 65.5 Å². The van der Waals surface area contributed by atoms with Gasteiger partial charge in [-0.15, -0.1) is 0 Å². The summed E-state index contributed by atoms with van der Waals surface area (Å²) in [4.78, 5) is 27.5. The molecule has 1 aromatic heterocycles. The molecule has 1 amide bonds. The third-order valence-electron chi connectivity index (χ3n) is 5.45. The molecule has 0 unspecified atom stereocenters. The third-order valence-corrected chi connectivity index (χ3v) is 5.45. The summed E-state index contributed by atoms with van der Waals surface area (Å²) in [7, 11) is 0. The van der Waals surface area contributed by atoms with Crippen molar-refractivity contribution in [2.75, 3.05) is 39.5 Å². The van der Waals surface area contributed by atoms with Gasteiger partial charge in [0.2, 0.25) is 5.43 Å². The summed E-state index contributed by atoms with van der Waals surface area (Å²) in [5.74, 6) is 0.234. The van der Waals surface area contributed by atoms with E-state index >= 15 is 0 Å². The van der Waals surface area contributed by atoms with Gasteiger partial charge in [0.05, 0.1) is 18.9 Å². The average molecular weight is 449 g/mol. The molecule has 0 aliphatic carbocycles. The number of rotatable bonds is 8. The summed E-state index contributed by atoms with van der Waals surface area (Å²) in [5.41, 5.74) is 1.78. The zero-order valence-electron chi connectivity index (χ0n) is 18.7. The van der Waals surface area contributed by atoms with Crippen LogP contribution in [0.25, 0.3) is 5.69 Å². The Bertz CT molecular complexity index is 1140. The van der Waals surface area contributed by atoms with E-state index in [9.17, 15) is 9.59 Å². The van der Waals surface area contributed by atoms with Crippen molar-refractivity contribution in [3.8, 4) is 11.4 Å². The summed E-state index contributed by atoms with van der Waals surface area (Å²) >= 11 is 0. The van der Waals surface area contributed by atoms with Crippen molar-refractivity contribution >= 4 is 5.91 Å². The molecule has 2 aromatic carbocycles. The number of carbonyl (C=O) groups excluding carboxylic acids is 1. The Hall–Kier alpha value is -3.49. The number of hydrogen-bond acceptors (Lipinski definition) is 6. The highest BCUT2D eigenvalue weighted by Gasteiger charge is 2.15. The van der Waals surface area contributed by atoms with Crippen molar-refractivity contribution in [2.45, 2.75) is 13.5 Å². The second-order valence-electron chi connectivity index (χ2n) is 7.88. The normalized spacial score (nSPS) is 14.1. The van der Waals surface area contributed by atoms with Gasteiger partial charge < -0.3 is 14.8 Å². The van der Waals surface area contributed by atoms with Crippen LogP contribution < -0.4 is 15.5 Å². The second kappa shape index (κ2) is 10.9. The Morgan fingerprint density at radius 2 is 1.88 bits per heavy atom. The molecule has 0 saturated carbocycles. The Kier molecular flexibility index (Phi) is 7.49. The molecule has 33 heavy (non-hydrogen) atoms. The van der Waals surface area contributed by atoms with Crippen LogP contribution in [-0.4, -0.2) is 60.0 Å². The number of nitrogens with zero attached hydrogens (tertiary/aromatic N) is 3. The van der Waals surface area contributed by atoms with Gasteiger partial charge in [0.25, 0.3) is 5.91 Å². The van der Waals surface area contributed by atoms with Crippen LogP contribution >= 0.6 is 0 Å². The topological polar surface area (TPSA) is 85.7 Å². The van der Waals surface area contributed by atoms with Crippen molar-refractivity contribution in [1.82, 2.24) is 20.0 Å². The van der Waals surface area contributed by atoms with E-state index in [-0.39, 0.29) is 12.2 Å². The number of ether oxygens (including phenoxy) is 2. The molecule has 0 atom stereocenters. The second-order valence-corrected chi connectivity index (χ2v) is 7.88. The molecule has 8 heteroatoms. The lowest BCUT2D eigenvalue weighted by atomic mass is 10.2. The number of aromatic nitrogens is 2. The van der Waals surface area contributed by atoms with Crippen molar-refractivity contribution in [3.63, 3.8) is 0 Å². The number of nitrogens with one attached hydrogen (secondary N) is 1. The summed E-state index contributed by atoms with van der Waals surface area (Å²) in [6.45, 7) is 6.86. The molecular weight excluding hydrogens is 420 g/mol. The van der Waals surface area contributed by atoms with Crippen molar-refractivity contribution in [3.05, 3.63) is 87.8 Å². The van der Waals surface area contributed by atoms with E-state index in [1.807, 2.05) is 54.6 Å². The van der Waals surface area contributed by atoms with Crippen LogP contribution in [0.4, 0.5) is 0 Å². The Morgan fingerprint density at radius 3 is 2.67 bits per heavy atom. The Morgan fingerprint density at radius 1 is 1.09 bits per heavy atom. The molecular formula is C25H28N4O4. The van der Waals surface area contributed by atoms with Crippen molar-refractivity contribution in [1.29, 1.82) is 0 Å². The van der Waals surface area contributed by atoms with Crippen LogP contribution in [0.5, 0.6) is 5.75 Å². The first-order valence-electron chi connectivity index (χ1n) is 11.1. The lowest BCUT2D eigenvalue weighted by molar-refractivity contribution is 0.0322. The van der Waals surface area contributed by atoms with Gasteiger partial charge in [0.1, 0.15) is 12.4 Å². The molecule has 1 saturated heterocycles. The summed E-state index contributed by atoms with van der Waals surface area (Å²) < 4.78 is 12.8. The Labute approximate surface area is 192 Å². The van der Waals surface area contributed by atoms with E-state index in [0.717, 1.165) is 49.8 Å². The predicted molar refractivity (Wildman–Crippen MR) is 125 cm³/mol. The van der Waals surface area contributed by atoms with Gasteiger partial charge in [0.15, 0.2) is 5.69 Å². The number of carbonyl (C=O) groups is 1. The van der Waals surface area contributed by atoms with E-state index in [1.54, 1.807) is 11.6 Å². The van der Waals surface area contributed by atoms with E-state index in [2.05, 4.69) is 15.3 Å². The minimum Gasteiger partial charge on any atom is -0.492 e. The molecule has 4 rings (SSSR count). The van der Waals surface area contributed by atoms with Crippen LogP contribution in [0.1, 0.15) is 21.7 Å². The van der Waals surface area contributed by atoms with Gasteiger partial charge in [-0.2, -0.15) is 5.10 Å². The fraction of sp³-hybridized carbons (Fsp3) is 0.320. The molecule has 2 heterocycles. The summed E-state index contributed by atoms with van der Waals surface area (Å²) in [6.07, 6.45) is 0. The SMILES string of the molecule is Cc1cc(=O)c(C(=O)NCc2cccc(OCCN3CCOCC3)c2)nn1-c1ccccc1. The minimum atomic E-state index is -0.511. The molecule has 1 fully saturated rings. The molecule has 0 radical (unpaired) electrons. The number of aryl methyl sites for hydroxylation is 1. The highest BCUT2D eigenvalue weighted by Crippen LogP contribution is 2.14. The van der Waals surface area contributed by atoms with Crippen molar-refractivity contribution < 1.29 is 14.3 Å². The van der Waals surface area contributed by atoms with Gasteiger partial charge in [-0.05, 0) is 36.8 Å². The van der Waals surface area contributed by atoms with Gasteiger partial charge in [-0.25, -0.2) is 4.68 Å². The number of benzene rings is 2. The largest absolute Gasteiger partial charge is 0.492 e. The maximum atomic E-state index is 12.7. The maximum Gasteiger partial charge on any atom is 0.276 e. The zero-order chi connectivity index (χ0) is 23.0. The standard InChI is InChI=1S/C25H28N4O4/c1-19-16-23(30)24(27-29(19)21-7-3-2-4-8-21)25(31)26-18-20-6-5-9-22(17-20)33-15-12-28-10-13-32-14-11-28/h2-9,16-17H,10-15,18H2,1H3,(H,26,31). The summed E-state index contributed by atoms with van der Waals surface area (Å²) in [5, 5.41) is 7.11. The molecule has 8 nitrogen and oxygen atoms in total. The highest BCUT2D eigenvalue weighted by molar-refractivity contribution is 5.92. The van der Waals surface area contributed by atoms with Gasteiger partial charge in [-0.1, -0.05) is 30.3 Å². The fourth-order valence-electron chi connectivity index (χ4n) is 3.66. The monoisotopic (exact) mass is 448 g/mol. The number of para-hydroxylation sites is 1. The molecule has 1 aliphatic heterocycles. The van der Waals surface area contributed by atoms with Crippen LogP contribution in [0, 0.1) is 6.92 Å². The molecule has 0 bridgehead atoms. The van der Waals surface area contributed by atoms with Crippen LogP contribution in [-0.2, 0) is 11.3 Å². The zero-order valence-corrected chi connectivity index (χ0v) is 18.7. The van der Waals surface area contributed by atoms with Gasteiger partial charge in [-0.3, -0.25) is 14.5 Å². The lowest BCUT2D eigenvalue weighted by Crippen LogP contribution is -2.38. The fourth-order valence-corrected chi connectivity index (χ4v) is 3.66. The smallest absolute Gasteiger partial charge is 0.276 e. The molecule has 1 N–H and O–H groups in total. The first-order chi connectivity index (χ1) is 16.1. The van der Waals surface area contributed by atoms with Gasteiger partial charge in [0, 0.05) is 37.9 Å². The van der Waals surface area contributed by atoms with E-state index < -0.39 is 11.3 Å². The highest BCUT2D eigenvalue weighted by atomic mass is 16.5. The van der Waals surface area contributed by atoms with Gasteiger partial charge >= 0.3 is 0 Å². The quantitative estimate of drug-likeness (QED) is 0.569. The maximum absolute atomic E-state index is 12.7. The predicted octanol–water partition coefficient (Wildman–Crippen LogP) is 2.18. The first-order valence-corrected chi connectivity index (χ1v) is 11.1. The van der Waals surface area contributed by atoms with E-state index in [0.29, 0.717) is 12.3 Å². The molecule has 3 aromatic rings. The van der Waals surface area contributed by atoms with Crippen LogP contribution in [0.2, 0.25) is 0 Å². The Balaban J connectivity index is 1.37. The minimum absolute atomic E-state index is 0.137. The first kappa shape index (κ1) is 22.7. The molecule has 1 aliphatic rings. The third kappa shape index (κ3) is 6.06. The lowest BCUT2D eigenvalue weighted by Gasteiger charge is -2.26. The number of amides is 1. The van der Waals surface area contributed by atoms with E-state index in [4.69, 9.17) is 9.47 Å². The van der Waals surface area contributed by atoms with E-state index in [1.165, 1.54) is 6.07 Å². The average Bonchev–Trinajstić information content (AvgIpc) is 2.84.